The SMILES string of the molecule is CNc1c2c(nc3c(F)cc(Cl)cc13)CCCC2. The maximum atomic E-state index is 14.0. The normalized spacial score (nSPS) is 14.6. The second-order valence-electron chi connectivity index (χ2n) is 4.65. The van der Waals surface area contributed by atoms with Crippen molar-refractivity contribution in [2.45, 2.75) is 25.7 Å². The molecule has 18 heavy (non-hydrogen) atoms. The van der Waals surface area contributed by atoms with Crippen molar-refractivity contribution in [3.63, 3.8) is 0 Å². The minimum atomic E-state index is -0.345. The molecule has 0 amide bonds. The molecule has 0 aliphatic heterocycles. The van der Waals surface area contributed by atoms with E-state index in [-0.39, 0.29) is 5.82 Å². The van der Waals surface area contributed by atoms with Crippen molar-refractivity contribution in [1.82, 2.24) is 4.98 Å². The summed E-state index contributed by atoms with van der Waals surface area (Å²) in [5.41, 5.74) is 3.65. The van der Waals surface area contributed by atoms with Gasteiger partial charge in [0.15, 0.2) is 5.82 Å². The molecule has 0 spiro atoms. The minimum Gasteiger partial charge on any atom is -0.387 e. The average molecular weight is 265 g/mol. The molecule has 3 rings (SSSR count). The quantitative estimate of drug-likeness (QED) is 0.844. The highest BCUT2D eigenvalue weighted by Crippen LogP contribution is 2.35. The molecule has 1 aliphatic carbocycles. The van der Waals surface area contributed by atoms with Crippen molar-refractivity contribution in [2.24, 2.45) is 0 Å². The lowest BCUT2D eigenvalue weighted by Gasteiger charge is -2.20. The lowest BCUT2D eigenvalue weighted by atomic mass is 9.92. The molecule has 0 saturated heterocycles. The number of fused-ring (bicyclic) bond motifs is 2. The van der Waals surface area contributed by atoms with Crippen LogP contribution in [-0.2, 0) is 12.8 Å². The minimum absolute atomic E-state index is 0.345. The fourth-order valence-corrected chi connectivity index (χ4v) is 2.94. The number of aromatic nitrogens is 1. The van der Waals surface area contributed by atoms with E-state index in [1.54, 1.807) is 6.07 Å². The van der Waals surface area contributed by atoms with Crippen LogP contribution < -0.4 is 5.32 Å². The van der Waals surface area contributed by atoms with E-state index in [0.717, 1.165) is 42.5 Å². The molecule has 1 aromatic carbocycles. The summed E-state index contributed by atoms with van der Waals surface area (Å²) in [5, 5.41) is 4.38. The maximum absolute atomic E-state index is 14.0. The third kappa shape index (κ3) is 1.74. The first-order valence-electron chi connectivity index (χ1n) is 6.19. The van der Waals surface area contributed by atoms with Gasteiger partial charge < -0.3 is 5.32 Å². The fourth-order valence-electron chi connectivity index (χ4n) is 2.74. The molecule has 2 nitrogen and oxygen atoms in total. The summed E-state index contributed by atoms with van der Waals surface area (Å²) < 4.78 is 14.0. The third-order valence-corrected chi connectivity index (χ3v) is 3.75. The van der Waals surface area contributed by atoms with Crippen molar-refractivity contribution in [3.8, 4) is 0 Å². The zero-order valence-corrected chi connectivity index (χ0v) is 10.9. The van der Waals surface area contributed by atoms with Crippen molar-refractivity contribution >= 4 is 28.2 Å². The van der Waals surface area contributed by atoms with E-state index in [4.69, 9.17) is 11.6 Å². The molecule has 1 aliphatic rings. The van der Waals surface area contributed by atoms with Crippen LogP contribution in [0.3, 0.4) is 0 Å². The van der Waals surface area contributed by atoms with Gasteiger partial charge in [0.05, 0.1) is 0 Å². The molecular weight excluding hydrogens is 251 g/mol. The van der Waals surface area contributed by atoms with Gasteiger partial charge in [-0.3, -0.25) is 0 Å². The molecule has 0 radical (unpaired) electrons. The van der Waals surface area contributed by atoms with Crippen LogP contribution in [0.2, 0.25) is 5.02 Å². The molecule has 0 unspecified atom stereocenters. The summed E-state index contributed by atoms with van der Waals surface area (Å²) in [6.07, 6.45) is 4.23. The van der Waals surface area contributed by atoms with E-state index in [1.807, 2.05) is 7.05 Å². The van der Waals surface area contributed by atoms with Gasteiger partial charge in [0.25, 0.3) is 0 Å². The van der Waals surface area contributed by atoms with Gasteiger partial charge in [0.1, 0.15) is 5.52 Å². The summed E-state index contributed by atoms with van der Waals surface area (Å²) >= 11 is 5.94. The Hall–Kier alpha value is -1.35. The zero-order chi connectivity index (χ0) is 12.7. The molecular formula is C14H14ClFN2. The van der Waals surface area contributed by atoms with Gasteiger partial charge >= 0.3 is 0 Å². The van der Waals surface area contributed by atoms with E-state index < -0.39 is 0 Å². The van der Waals surface area contributed by atoms with Gasteiger partial charge in [0, 0.05) is 28.8 Å². The van der Waals surface area contributed by atoms with Crippen molar-refractivity contribution in [1.29, 1.82) is 0 Å². The van der Waals surface area contributed by atoms with Crippen LogP contribution in [0, 0.1) is 5.82 Å². The molecule has 2 aromatic rings. The number of nitrogens with zero attached hydrogens (tertiary/aromatic N) is 1. The first-order valence-corrected chi connectivity index (χ1v) is 6.56. The highest BCUT2D eigenvalue weighted by molar-refractivity contribution is 6.31. The molecule has 0 bridgehead atoms. The van der Waals surface area contributed by atoms with Gasteiger partial charge in [0.2, 0.25) is 0 Å². The molecule has 1 N–H and O–H groups in total. The van der Waals surface area contributed by atoms with Crippen molar-refractivity contribution in [3.05, 3.63) is 34.2 Å². The number of anilines is 1. The molecule has 94 valence electrons. The Morgan fingerprint density at radius 3 is 2.83 bits per heavy atom. The second kappa shape index (κ2) is 4.39. The first kappa shape index (κ1) is 11.7. The number of pyridine rings is 1. The van der Waals surface area contributed by atoms with Crippen molar-refractivity contribution < 1.29 is 4.39 Å². The van der Waals surface area contributed by atoms with E-state index in [2.05, 4.69) is 10.3 Å². The summed E-state index contributed by atoms with van der Waals surface area (Å²) in [6, 6.07) is 3.11. The number of nitrogens with one attached hydrogen (secondary N) is 1. The number of hydrogen-bond acceptors (Lipinski definition) is 2. The van der Waals surface area contributed by atoms with E-state index in [1.165, 1.54) is 11.6 Å². The van der Waals surface area contributed by atoms with Crippen LogP contribution in [0.15, 0.2) is 12.1 Å². The van der Waals surface area contributed by atoms with Crippen LogP contribution >= 0.6 is 11.6 Å². The Labute approximate surface area is 110 Å². The zero-order valence-electron chi connectivity index (χ0n) is 10.2. The monoisotopic (exact) mass is 264 g/mol. The fraction of sp³-hybridized carbons (Fsp3) is 0.357. The Bertz CT molecular complexity index is 625. The molecule has 0 fully saturated rings. The number of benzene rings is 1. The maximum Gasteiger partial charge on any atom is 0.150 e. The lowest BCUT2D eigenvalue weighted by Crippen LogP contribution is -2.10. The Balaban J connectivity index is 2.40. The van der Waals surface area contributed by atoms with Crippen LogP contribution in [-0.4, -0.2) is 12.0 Å². The van der Waals surface area contributed by atoms with E-state index in [9.17, 15) is 4.39 Å². The van der Waals surface area contributed by atoms with Crippen LogP contribution in [0.4, 0.5) is 10.1 Å². The molecule has 1 heterocycles. The van der Waals surface area contributed by atoms with Crippen molar-refractivity contribution in [2.75, 3.05) is 12.4 Å². The van der Waals surface area contributed by atoms with Gasteiger partial charge in [-0.1, -0.05) is 11.6 Å². The standard InChI is InChI=1S/C14H14ClFN2/c1-17-13-9-4-2-3-5-12(9)18-14-10(13)6-8(15)7-11(14)16/h6-7H,2-5H2,1H3,(H,17,18). The summed E-state index contributed by atoms with van der Waals surface area (Å²) in [4.78, 5) is 4.49. The predicted octanol–water partition coefficient (Wildman–Crippen LogP) is 3.95. The van der Waals surface area contributed by atoms with E-state index in [0.29, 0.717) is 10.5 Å². The third-order valence-electron chi connectivity index (χ3n) is 3.53. The largest absolute Gasteiger partial charge is 0.387 e. The number of hydrogen-bond donors (Lipinski definition) is 1. The Morgan fingerprint density at radius 2 is 2.06 bits per heavy atom. The Morgan fingerprint density at radius 1 is 1.28 bits per heavy atom. The lowest BCUT2D eigenvalue weighted by molar-refractivity contribution is 0.632. The van der Waals surface area contributed by atoms with Gasteiger partial charge in [-0.05, 0) is 43.4 Å². The van der Waals surface area contributed by atoms with Crippen LogP contribution in [0.25, 0.3) is 10.9 Å². The summed E-state index contributed by atoms with van der Waals surface area (Å²) in [5.74, 6) is -0.345. The number of halogens is 2. The Kier molecular flexibility index (Phi) is 2.86. The topological polar surface area (TPSA) is 24.9 Å². The number of aryl methyl sites for hydroxylation is 1. The first-order chi connectivity index (χ1) is 8.70. The molecule has 0 saturated carbocycles. The highest BCUT2D eigenvalue weighted by atomic mass is 35.5. The number of rotatable bonds is 1. The molecule has 4 heteroatoms. The van der Waals surface area contributed by atoms with Crippen LogP contribution in [0.5, 0.6) is 0 Å². The second-order valence-corrected chi connectivity index (χ2v) is 5.09. The molecule has 1 aromatic heterocycles. The van der Waals surface area contributed by atoms with E-state index >= 15 is 0 Å². The predicted molar refractivity (Wildman–Crippen MR) is 72.9 cm³/mol. The average Bonchev–Trinajstić information content (AvgIpc) is 2.36. The highest BCUT2D eigenvalue weighted by Gasteiger charge is 2.19. The van der Waals surface area contributed by atoms with Crippen LogP contribution in [0.1, 0.15) is 24.1 Å². The smallest absolute Gasteiger partial charge is 0.150 e. The molecule has 0 atom stereocenters. The van der Waals surface area contributed by atoms with Gasteiger partial charge in [-0.2, -0.15) is 0 Å². The van der Waals surface area contributed by atoms with Gasteiger partial charge in [-0.25, -0.2) is 9.37 Å². The summed E-state index contributed by atoms with van der Waals surface area (Å²) in [6.45, 7) is 0. The van der Waals surface area contributed by atoms with Gasteiger partial charge in [-0.15, -0.1) is 0 Å². The summed E-state index contributed by atoms with van der Waals surface area (Å²) in [7, 11) is 1.86.